The minimum absolute atomic E-state index is 0.00501. The van der Waals surface area contributed by atoms with Crippen LogP contribution >= 0.6 is 0 Å². The Bertz CT molecular complexity index is 499. The van der Waals surface area contributed by atoms with E-state index in [1.807, 2.05) is 12.1 Å². The Morgan fingerprint density at radius 2 is 1.25 bits per heavy atom. The summed E-state index contributed by atoms with van der Waals surface area (Å²) in [6, 6.07) is 20.8. The number of rotatable bonds is 2. The van der Waals surface area contributed by atoms with E-state index in [0.717, 1.165) is 6.42 Å². The highest BCUT2D eigenvalue weighted by Gasteiger charge is 2.19. The molecule has 1 atom stereocenters. The molecule has 0 amide bonds. The van der Waals surface area contributed by atoms with Crippen LogP contribution in [0.25, 0.3) is 5.57 Å². The first-order valence-corrected chi connectivity index (χ1v) is 5.62. The van der Waals surface area contributed by atoms with Crippen molar-refractivity contribution in [1.29, 1.82) is 0 Å². The van der Waals surface area contributed by atoms with Crippen molar-refractivity contribution in [3.8, 4) is 0 Å². The predicted molar refractivity (Wildman–Crippen MR) is 68.1 cm³/mol. The van der Waals surface area contributed by atoms with Crippen LogP contribution in [0.1, 0.15) is 25.3 Å². The molecule has 0 nitrogen and oxygen atoms in total. The van der Waals surface area contributed by atoms with Crippen LogP contribution in [0.4, 0.5) is 0 Å². The van der Waals surface area contributed by atoms with Gasteiger partial charge >= 0.3 is 0 Å². The minimum Gasteiger partial charge on any atom is -0.0622 e. The number of hydrogen-bond acceptors (Lipinski definition) is 0. The lowest BCUT2D eigenvalue weighted by Gasteiger charge is -2.07. The highest BCUT2D eigenvalue weighted by Crippen LogP contribution is 2.39. The maximum Gasteiger partial charge on any atom is 0.0316 e. The molecule has 16 heavy (non-hydrogen) atoms. The summed E-state index contributed by atoms with van der Waals surface area (Å²) in [5.74, 6) is 0. The number of benzene rings is 2. The zero-order valence-corrected chi connectivity index (χ0v) is 9.06. The molecule has 0 aromatic heterocycles. The van der Waals surface area contributed by atoms with Crippen molar-refractivity contribution in [2.75, 3.05) is 0 Å². The van der Waals surface area contributed by atoms with Crippen LogP contribution in [-0.4, -0.2) is 0 Å². The van der Waals surface area contributed by atoms with Gasteiger partial charge in [-0.1, -0.05) is 66.2 Å². The lowest BCUT2D eigenvalue weighted by atomic mass is 9.97. The lowest BCUT2D eigenvalue weighted by Crippen LogP contribution is -1.87. The van der Waals surface area contributed by atoms with E-state index in [1.165, 1.54) is 22.3 Å². The first-order valence-electron chi connectivity index (χ1n) is 6.20. The topological polar surface area (TPSA) is 0 Å². The van der Waals surface area contributed by atoms with E-state index in [9.17, 15) is 0 Å². The second-order valence-corrected chi connectivity index (χ2v) is 4.04. The van der Waals surface area contributed by atoms with Gasteiger partial charge in [0.25, 0.3) is 0 Å². The third-order valence-electron chi connectivity index (χ3n) is 2.85. The molecular formula is C16H14. The van der Waals surface area contributed by atoms with Crippen LogP contribution in [0.3, 0.4) is 0 Å². The normalized spacial score (nSPS) is 19.1. The summed E-state index contributed by atoms with van der Waals surface area (Å²) in [4.78, 5) is 0. The Morgan fingerprint density at radius 1 is 0.812 bits per heavy atom. The van der Waals surface area contributed by atoms with Gasteiger partial charge in [0, 0.05) is 1.37 Å². The molecule has 1 fully saturated rings. The van der Waals surface area contributed by atoms with Gasteiger partial charge in [0.05, 0.1) is 0 Å². The Labute approximate surface area is 97.7 Å². The summed E-state index contributed by atoms with van der Waals surface area (Å²) < 4.78 is 7.82. The molecule has 0 bridgehead atoms. The molecule has 0 aliphatic heterocycles. The van der Waals surface area contributed by atoms with Gasteiger partial charge in [0.15, 0.2) is 0 Å². The maximum atomic E-state index is 7.82. The molecule has 0 saturated heterocycles. The van der Waals surface area contributed by atoms with Gasteiger partial charge in [-0.3, -0.25) is 0 Å². The van der Waals surface area contributed by atoms with Crippen molar-refractivity contribution >= 4 is 5.57 Å². The van der Waals surface area contributed by atoms with Crippen LogP contribution in [-0.2, 0) is 0 Å². The van der Waals surface area contributed by atoms with E-state index < -0.39 is 0 Å². The Morgan fingerprint density at radius 3 is 1.62 bits per heavy atom. The fourth-order valence-electron chi connectivity index (χ4n) is 2.00. The number of allylic oxidation sites excluding steroid dienone is 1. The van der Waals surface area contributed by atoms with Crippen molar-refractivity contribution in [1.82, 2.24) is 0 Å². The fourth-order valence-corrected chi connectivity index (χ4v) is 2.00. The van der Waals surface area contributed by atoms with Crippen LogP contribution in [0.5, 0.6) is 0 Å². The van der Waals surface area contributed by atoms with Crippen LogP contribution in [0.15, 0.2) is 66.2 Å². The van der Waals surface area contributed by atoms with Crippen LogP contribution in [0.2, 0.25) is 0 Å². The second kappa shape index (κ2) is 3.97. The highest BCUT2D eigenvalue weighted by atomic mass is 14.2. The average molecular weight is 207 g/mol. The summed E-state index contributed by atoms with van der Waals surface area (Å²) in [5, 5.41) is 0. The van der Waals surface area contributed by atoms with Crippen molar-refractivity contribution < 1.29 is 1.37 Å². The third kappa shape index (κ3) is 1.79. The molecule has 1 unspecified atom stereocenters. The molecule has 78 valence electrons. The van der Waals surface area contributed by atoms with Crippen molar-refractivity contribution in [2.24, 2.45) is 0 Å². The molecule has 0 heteroatoms. The van der Waals surface area contributed by atoms with E-state index in [0.29, 0.717) is 0 Å². The van der Waals surface area contributed by atoms with Gasteiger partial charge < -0.3 is 0 Å². The molecule has 1 saturated carbocycles. The molecule has 3 rings (SSSR count). The van der Waals surface area contributed by atoms with Gasteiger partial charge in [-0.2, -0.15) is 0 Å². The van der Waals surface area contributed by atoms with Crippen molar-refractivity contribution in [3.05, 3.63) is 77.4 Å². The lowest BCUT2D eigenvalue weighted by molar-refractivity contribution is 1.50. The zero-order chi connectivity index (χ0) is 11.7. The molecule has 2 aromatic carbocycles. The highest BCUT2D eigenvalue weighted by molar-refractivity contribution is 5.83. The van der Waals surface area contributed by atoms with Gasteiger partial charge in [0.2, 0.25) is 0 Å². The summed E-state index contributed by atoms with van der Waals surface area (Å²) in [7, 11) is 0. The van der Waals surface area contributed by atoms with E-state index in [4.69, 9.17) is 1.37 Å². The summed E-state index contributed by atoms with van der Waals surface area (Å²) >= 11 is 0. The first-order chi connectivity index (χ1) is 8.36. The molecule has 1 aliphatic carbocycles. The van der Waals surface area contributed by atoms with Gasteiger partial charge in [-0.05, 0) is 29.5 Å². The van der Waals surface area contributed by atoms with Crippen LogP contribution in [0, 0.1) is 0 Å². The van der Waals surface area contributed by atoms with E-state index in [-0.39, 0.29) is 6.40 Å². The third-order valence-corrected chi connectivity index (χ3v) is 2.85. The molecular weight excluding hydrogens is 192 g/mol. The first kappa shape index (κ1) is 8.35. The smallest absolute Gasteiger partial charge is 0.0316 e. The van der Waals surface area contributed by atoms with E-state index >= 15 is 0 Å². The minimum atomic E-state index is 0.00501. The van der Waals surface area contributed by atoms with Crippen LogP contribution < -0.4 is 0 Å². The maximum absolute atomic E-state index is 7.82. The summed E-state index contributed by atoms with van der Waals surface area (Å²) in [6.07, 6.45) is 0.921. The molecule has 1 aliphatic rings. The molecule has 0 heterocycles. The Kier molecular flexibility index (Phi) is 2.07. The fraction of sp³-hybridized carbons (Fsp3) is 0.125. The van der Waals surface area contributed by atoms with Crippen molar-refractivity contribution in [2.45, 2.75) is 12.8 Å². The van der Waals surface area contributed by atoms with E-state index in [2.05, 4.69) is 48.5 Å². The molecule has 0 radical (unpaired) electrons. The molecule has 2 aromatic rings. The van der Waals surface area contributed by atoms with Gasteiger partial charge in [-0.15, -0.1) is 0 Å². The molecule has 0 N–H and O–H groups in total. The quantitative estimate of drug-likeness (QED) is 0.689. The zero-order valence-electron chi connectivity index (χ0n) is 10.1. The Balaban J connectivity index is 2.13. The summed E-state index contributed by atoms with van der Waals surface area (Å²) in [5.41, 5.74) is 4.97. The molecule has 0 spiro atoms. The van der Waals surface area contributed by atoms with Gasteiger partial charge in [-0.25, -0.2) is 0 Å². The monoisotopic (exact) mass is 207 g/mol. The average Bonchev–Trinajstić information content (AvgIpc) is 3.09. The summed E-state index contributed by atoms with van der Waals surface area (Å²) in [6.45, 7) is 0. The van der Waals surface area contributed by atoms with Crippen molar-refractivity contribution in [3.63, 3.8) is 0 Å². The second-order valence-electron chi connectivity index (χ2n) is 4.04. The Hall–Kier alpha value is -1.82. The van der Waals surface area contributed by atoms with E-state index in [1.54, 1.807) is 0 Å². The standard InChI is InChI=1S/C16H14/c1-3-7-13(8-4-1)16(15-11-12-15)14-9-5-2-6-10-14/h1-10H,11-12H2/i11D. The van der Waals surface area contributed by atoms with Gasteiger partial charge in [0.1, 0.15) is 0 Å². The number of hydrogen-bond donors (Lipinski definition) is 0. The predicted octanol–water partition coefficient (Wildman–Crippen LogP) is 4.28. The largest absolute Gasteiger partial charge is 0.0622 e. The SMILES string of the molecule is [2H]C1CC1=C(c1ccccc1)c1ccccc1.